The summed E-state index contributed by atoms with van der Waals surface area (Å²) in [5, 5.41) is 2.63. The van der Waals surface area contributed by atoms with E-state index in [-0.39, 0.29) is 5.91 Å². The van der Waals surface area contributed by atoms with Crippen molar-refractivity contribution in [3.8, 4) is 11.5 Å². The fraction of sp³-hybridized carbons (Fsp3) is 0.238. The van der Waals surface area contributed by atoms with E-state index < -0.39 is 0 Å². The first-order valence-corrected chi connectivity index (χ1v) is 10.7. The molecule has 0 unspecified atom stereocenters. The smallest absolute Gasteiger partial charge is 0.230 e. The molecular formula is C21H22N2O3S2. The first-order valence-electron chi connectivity index (χ1n) is 8.86. The topological polar surface area (TPSA) is 51.7 Å². The van der Waals surface area contributed by atoms with Crippen molar-refractivity contribution in [2.45, 2.75) is 24.5 Å². The highest BCUT2D eigenvalue weighted by molar-refractivity contribution is 7.98. The maximum Gasteiger partial charge on any atom is 0.230 e. The minimum atomic E-state index is -0.107. The van der Waals surface area contributed by atoms with Gasteiger partial charge in [-0.25, -0.2) is 4.98 Å². The van der Waals surface area contributed by atoms with Crippen molar-refractivity contribution in [2.24, 2.45) is 0 Å². The van der Waals surface area contributed by atoms with Gasteiger partial charge in [-0.2, -0.15) is 0 Å². The third-order valence-corrected chi connectivity index (χ3v) is 5.81. The predicted molar refractivity (Wildman–Crippen MR) is 115 cm³/mol. The molecule has 7 heteroatoms. The van der Waals surface area contributed by atoms with E-state index in [1.807, 2.05) is 60.8 Å². The average molecular weight is 415 g/mol. The number of rotatable bonds is 8. The van der Waals surface area contributed by atoms with Crippen molar-refractivity contribution in [1.29, 1.82) is 0 Å². The highest BCUT2D eigenvalue weighted by atomic mass is 32.2. The Morgan fingerprint density at radius 1 is 1.18 bits per heavy atom. The number of carbonyl (C=O) groups is 1. The number of hydrogen-bond donors (Lipinski definition) is 0. The Morgan fingerprint density at radius 2 is 1.93 bits per heavy atom. The Hall–Kier alpha value is -2.51. The van der Waals surface area contributed by atoms with E-state index in [9.17, 15) is 4.79 Å². The minimum Gasteiger partial charge on any atom is -0.495 e. The molecule has 2 aromatic carbocycles. The Kier molecular flexibility index (Phi) is 6.95. The summed E-state index contributed by atoms with van der Waals surface area (Å²) in [4.78, 5) is 19.7. The van der Waals surface area contributed by atoms with E-state index in [0.717, 1.165) is 22.1 Å². The molecule has 3 aromatic rings. The van der Waals surface area contributed by atoms with Crippen LogP contribution in [0.5, 0.6) is 11.5 Å². The van der Waals surface area contributed by atoms with Crippen LogP contribution < -0.4 is 14.4 Å². The summed E-state index contributed by atoms with van der Waals surface area (Å²) < 4.78 is 10.9. The van der Waals surface area contributed by atoms with Crippen LogP contribution in [0.2, 0.25) is 0 Å². The molecule has 0 fully saturated rings. The van der Waals surface area contributed by atoms with Gasteiger partial charge >= 0.3 is 0 Å². The van der Waals surface area contributed by atoms with Gasteiger partial charge in [-0.3, -0.25) is 9.69 Å². The molecule has 1 aromatic heterocycles. The van der Waals surface area contributed by atoms with Crippen LogP contribution in [0.15, 0.2) is 58.8 Å². The predicted octanol–water partition coefficient (Wildman–Crippen LogP) is 5.53. The normalized spacial score (nSPS) is 10.5. The van der Waals surface area contributed by atoms with E-state index in [4.69, 9.17) is 9.47 Å². The van der Waals surface area contributed by atoms with Gasteiger partial charge in [-0.1, -0.05) is 12.1 Å². The molecular weight excluding hydrogens is 392 g/mol. The summed E-state index contributed by atoms with van der Waals surface area (Å²) in [6.07, 6.45) is 0. The number of amides is 1. The Morgan fingerprint density at radius 3 is 2.61 bits per heavy atom. The van der Waals surface area contributed by atoms with Crippen LogP contribution in [0, 0.1) is 0 Å². The standard InChI is InChI=1S/C21H22N2O3S2/c1-4-26-17-9-11-18(12-10-17)27-13-16-14-28-21(22-16)23(15(2)24)19-7-5-6-8-20(19)25-3/h5-12,14H,4,13H2,1-3H3. The molecule has 0 aliphatic rings. The number of hydrogen-bond acceptors (Lipinski definition) is 6. The first-order chi connectivity index (χ1) is 13.6. The van der Waals surface area contributed by atoms with Crippen LogP contribution in [-0.4, -0.2) is 24.6 Å². The third-order valence-electron chi connectivity index (χ3n) is 3.89. The Balaban J connectivity index is 1.73. The summed E-state index contributed by atoms with van der Waals surface area (Å²) in [7, 11) is 1.60. The molecule has 0 spiro atoms. The van der Waals surface area contributed by atoms with Crippen LogP contribution in [0.1, 0.15) is 19.5 Å². The lowest BCUT2D eigenvalue weighted by Crippen LogP contribution is -2.23. The number of thiazole rings is 1. The highest BCUT2D eigenvalue weighted by Crippen LogP contribution is 2.36. The van der Waals surface area contributed by atoms with Gasteiger partial charge in [0, 0.05) is 23.0 Å². The minimum absolute atomic E-state index is 0.107. The van der Waals surface area contributed by atoms with Gasteiger partial charge in [-0.15, -0.1) is 23.1 Å². The van der Waals surface area contributed by atoms with E-state index >= 15 is 0 Å². The molecule has 0 N–H and O–H groups in total. The molecule has 0 aliphatic heterocycles. The second kappa shape index (κ2) is 9.61. The molecule has 0 atom stereocenters. The van der Waals surface area contributed by atoms with Crippen molar-refractivity contribution in [2.75, 3.05) is 18.6 Å². The quantitative estimate of drug-likeness (QED) is 0.454. The Bertz CT molecular complexity index is 925. The average Bonchev–Trinajstić information content (AvgIpc) is 3.16. The maximum atomic E-state index is 12.3. The molecule has 1 heterocycles. The number of methoxy groups -OCH3 is 1. The largest absolute Gasteiger partial charge is 0.495 e. The van der Waals surface area contributed by atoms with Crippen LogP contribution in [-0.2, 0) is 10.5 Å². The monoisotopic (exact) mass is 414 g/mol. The maximum absolute atomic E-state index is 12.3. The molecule has 0 radical (unpaired) electrons. The Labute approximate surface area is 173 Å². The lowest BCUT2D eigenvalue weighted by atomic mass is 10.2. The number of aromatic nitrogens is 1. The summed E-state index contributed by atoms with van der Waals surface area (Å²) in [5.74, 6) is 2.13. The summed E-state index contributed by atoms with van der Waals surface area (Å²) >= 11 is 3.15. The van der Waals surface area contributed by atoms with Crippen LogP contribution in [0.3, 0.4) is 0 Å². The fourth-order valence-corrected chi connectivity index (χ4v) is 4.42. The molecule has 28 heavy (non-hydrogen) atoms. The second-order valence-electron chi connectivity index (χ2n) is 5.84. The summed E-state index contributed by atoms with van der Waals surface area (Å²) in [6, 6.07) is 15.5. The highest BCUT2D eigenvalue weighted by Gasteiger charge is 2.21. The summed E-state index contributed by atoms with van der Waals surface area (Å²) in [6.45, 7) is 4.16. The number of thioether (sulfide) groups is 1. The van der Waals surface area contributed by atoms with Gasteiger partial charge in [0.1, 0.15) is 11.5 Å². The summed E-state index contributed by atoms with van der Waals surface area (Å²) in [5.41, 5.74) is 1.62. The van der Waals surface area contributed by atoms with E-state index in [1.165, 1.54) is 18.3 Å². The molecule has 0 saturated carbocycles. The molecule has 1 amide bonds. The van der Waals surface area contributed by atoms with Crippen molar-refractivity contribution >= 4 is 39.8 Å². The molecule has 3 rings (SSSR count). The van der Waals surface area contributed by atoms with Crippen molar-refractivity contribution in [3.05, 3.63) is 59.6 Å². The van der Waals surface area contributed by atoms with Gasteiger partial charge < -0.3 is 9.47 Å². The number of ether oxygens (including phenoxy) is 2. The lowest BCUT2D eigenvalue weighted by Gasteiger charge is -2.20. The molecule has 0 bridgehead atoms. The molecule has 5 nitrogen and oxygen atoms in total. The van der Waals surface area contributed by atoms with Gasteiger partial charge in [0.05, 0.1) is 25.1 Å². The first kappa shape index (κ1) is 20.2. The second-order valence-corrected chi connectivity index (χ2v) is 7.73. The number of carbonyl (C=O) groups excluding carboxylic acids is 1. The van der Waals surface area contributed by atoms with Gasteiger partial charge in [0.2, 0.25) is 5.91 Å². The lowest BCUT2D eigenvalue weighted by molar-refractivity contribution is -0.115. The van der Waals surface area contributed by atoms with Crippen molar-refractivity contribution in [3.63, 3.8) is 0 Å². The van der Waals surface area contributed by atoms with Crippen LogP contribution >= 0.6 is 23.1 Å². The van der Waals surface area contributed by atoms with Gasteiger partial charge in [-0.05, 0) is 43.3 Å². The van der Waals surface area contributed by atoms with Crippen LogP contribution in [0.25, 0.3) is 0 Å². The van der Waals surface area contributed by atoms with E-state index in [1.54, 1.807) is 23.8 Å². The van der Waals surface area contributed by atoms with Crippen LogP contribution in [0.4, 0.5) is 10.8 Å². The zero-order valence-electron chi connectivity index (χ0n) is 16.0. The number of anilines is 2. The zero-order valence-corrected chi connectivity index (χ0v) is 17.7. The SMILES string of the molecule is CCOc1ccc(SCc2csc(N(C(C)=O)c3ccccc3OC)n2)cc1. The number of nitrogens with zero attached hydrogens (tertiary/aromatic N) is 2. The molecule has 146 valence electrons. The molecule has 0 saturated heterocycles. The fourth-order valence-electron chi connectivity index (χ4n) is 2.64. The van der Waals surface area contributed by atoms with E-state index in [0.29, 0.717) is 23.2 Å². The molecule has 0 aliphatic carbocycles. The van der Waals surface area contributed by atoms with Crippen molar-refractivity contribution in [1.82, 2.24) is 4.98 Å². The van der Waals surface area contributed by atoms with Gasteiger partial charge in [0.25, 0.3) is 0 Å². The third kappa shape index (κ3) is 4.85. The zero-order chi connectivity index (χ0) is 19.9. The number of benzene rings is 2. The van der Waals surface area contributed by atoms with E-state index in [2.05, 4.69) is 4.98 Å². The van der Waals surface area contributed by atoms with Crippen molar-refractivity contribution < 1.29 is 14.3 Å². The number of para-hydroxylation sites is 2. The van der Waals surface area contributed by atoms with Gasteiger partial charge in [0.15, 0.2) is 5.13 Å².